The van der Waals surface area contributed by atoms with Gasteiger partial charge >= 0.3 is 0 Å². The van der Waals surface area contributed by atoms with E-state index < -0.39 is 0 Å². The third kappa shape index (κ3) is 1.68. The molecule has 0 unspecified atom stereocenters. The van der Waals surface area contributed by atoms with E-state index in [0.29, 0.717) is 0 Å². The van der Waals surface area contributed by atoms with Crippen molar-refractivity contribution in [1.29, 1.82) is 0 Å². The second kappa shape index (κ2) is 3.85. The Morgan fingerprint density at radius 1 is 1.47 bits per heavy atom. The van der Waals surface area contributed by atoms with Crippen molar-refractivity contribution in [2.45, 2.75) is 0 Å². The average molecular weight is 246 g/mol. The van der Waals surface area contributed by atoms with Gasteiger partial charge in [0.05, 0.1) is 5.69 Å². The number of amides is 1. The Kier molecular flexibility index (Phi) is 2.33. The summed E-state index contributed by atoms with van der Waals surface area (Å²) in [5.74, 6) is 0.709. The van der Waals surface area contributed by atoms with Gasteiger partial charge < -0.3 is 9.64 Å². The molecular formula is C12H10N2O2S. The number of benzene rings is 1. The SMILES string of the molecule is CN1C(=O)COc2ccc(-c3nccs3)cc21. The van der Waals surface area contributed by atoms with E-state index in [4.69, 9.17) is 4.74 Å². The number of hydrogen-bond donors (Lipinski definition) is 0. The van der Waals surface area contributed by atoms with E-state index in [-0.39, 0.29) is 12.5 Å². The van der Waals surface area contributed by atoms with Gasteiger partial charge in [0.15, 0.2) is 6.61 Å². The molecule has 1 aliphatic rings. The first-order chi connectivity index (χ1) is 8.25. The van der Waals surface area contributed by atoms with Crippen LogP contribution < -0.4 is 9.64 Å². The Hall–Kier alpha value is -1.88. The molecule has 2 heterocycles. The predicted octanol–water partition coefficient (Wildman–Crippen LogP) is 2.17. The fraction of sp³-hybridized carbons (Fsp3) is 0.167. The largest absolute Gasteiger partial charge is 0.482 e. The highest BCUT2D eigenvalue weighted by atomic mass is 32.1. The van der Waals surface area contributed by atoms with Crippen molar-refractivity contribution in [3.05, 3.63) is 29.8 Å². The van der Waals surface area contributed by atoms with Crippen molar-refractivity contribution < 1.29 is 9.53 Å². The number of ether oxygens (including phenoxy) is 1. The Labute approximate surface area is 102 Å². The van der Waals surface area contributed by atoms with Gasteiger partial charge in [-0.15, -0.1) is 11.3 Å². The van der Waals surface area contributed by atoms with E-state index in [1.807, 2.05) is 23.6 Å². The smallest absolute Gasteiger partial charge is 0.264 e. The van der Waals surface area contributed by atoms with E-state index in [1.54, 1.807) is 29.5 Å². The molecule has 1 aromatic heterocycles. The van der Waals surface area contributed by atoms with Crippen LogP contribution in [0.2, 0.25) is 0 Å². The number of carbonyl (C=O) groups is 1. The number of hydrogen-bond acceptors (Lipinski definition) is 4. The molecule has 0 spiro atoms. The van der Waals surface area contributed by atoms with Crippen LogP contribution in [0.5, 0.6) is 5.75 Å². The number of likely N-dealkylation sites (N-methyl/N-ethyl adjacent to an activating group) is 1. The minimum Gasteiger partial charge on any atom is -0.482 e. The second-order valence-corrected chi connectivity index (χ2v) is 4.66. The molecule has 17 heavy (non-hydrogen) atoms. The monoisotopic (exact) mass is 246 g/mol. The highest BCUT2D eigenvalue weighted by Crippen LogP contribution is 2.35. The Bertz CT molecular complexity index is 566. The summed E-state index contributed by atoms with van der Waals surface area (Å²) in [4.78, 5) is 17.4. The molecule has 0 bridgehead atoms. The van der Waals surface area contributed by atoms with E-state index in [9.17, 15) is 4.79 Å². The molecule has 0 N–H and O–H groups in total. The van der Waals surface area contributed by atoms with Crippen LogP contribution in [0, 0.1) is 0 Å². The van der Waals surface area contributed by atoms with Crippen LogP contribution in [0.4, 0.5) is 5.69 Å². The van der Waals surface area contributed by atoms with Crippen LogP contribution >= 0.6 is 11.3 Å². The lowest BCUT2D eigenvalue weighted by Crippen LogP contribution is -2.35. The molecule has 1 aromatic carbocycles. The van der Waals surface area contributed by atoms with Crippen molar-refractivity contribution in [2.24, 2.45) is 0 Å². The van der Waals surface area contributed by atoms with E-state index >= 15 is 0 Å². The lowest BCUT2D eigenvalue weighted by molar-refractivity contribution is -0.120. The fourth-order valence-electron chi connectivity index (χ4n) is 1.77. The summed E-state index contributed by atoms with van der Waals surface area (Å²) in [7, 11) is 1.76. The Morgan fingerprint density at radius 3 is 3.12 bits per heavy atom. The first-order valence-electron chi connectivity index (χ1n) is 5.19. The number of thiazole rings is 1. The molecular weight excluding hydrogens is 236 g/mol. The third-order valence-electron chi connectivity index (χ3n) is 2.72. The zero-order valence-electron chi connectivity index (χ0n) is 9.21. The maximum absolute atomic E-state index is 11.5. The first kappa shape index (κ1) is 10.3. The summed E-state index contributed by atoms with van der Waals surface area (Å²) >= 11 is 1.57. The maximum Gasteiger partial charge on any atom is 0.264 e. The molecule has 1 aliphatic heterocycles. The quantitative estimate of drug-likeness (QED) is 0.774. The molecule has 86 valence electrons. The molecule has 0 aliphatic carbocycles. The Balaban J connectivity index is 2.09. The van der Waals surface area contributed by atoms with Gasteiger partial charge in [-0.3, -0.25) is 4.79 Å². The molecule has 0 fully saturated rings. The first-order valence-corrected chi connectivity index (χ1v) is 6.07. The lowest BCUT2D eigenvalue weighted by atomic mass is 10.1. The summed E-state index contributed by atoms with van der Waals surface area (Å²) in [6.45, 7) is 0.111. The summed E-state index contributed by atoms with van der Waals surface area (Å²) in [6.07, 6.45) is 1.77. The van der Waals surface area contributed by atoms with Crippen molar-refractivity contribution in [2.75, 3.05) is 18.6 Å². The van der Waals surface area contributed by atoms with Crippen LogP contribution in [-0.2, 0) is 4.79 Å². The number of anilines is 1. The van der Waals surface area contributed by atoms with Gasteiger partial charge in [0, 0.05) is 24.2 Å². The minimum atomic E-state index is -0.0335. The van der Waals surface area contributed by atoms with Crippen molar-refractivity contribution >= 4 is 22.9 Å². The zero-order valence-corrected chi connectivity index (χ0v) is 10.0. The third-order valence-corrected chi connectivity index (χ3v) is 3.55. The van der Waals surface area contributed by atoms with Gasteiger partial charge in [-0.1, -0.05) is 0 Å². The summed E-state index contributed by atoms with van der Waals surface area (Å²) < 4.78 is 5.37. The molecule has 5 heteroatoms. The van der Waals surface area contributed by atoms with Crippen LogP contribution in [0.15, 0.2) is 29.8 Å². The van der Waals surface area contributed by atoms with Crippen molar-refractivity contribution in [3.8, 4) is 16.3 Å². The average Bonchev–Trinajstić information content (AvgIpc) is 2.87. The number of aromatic nitrogens is 1. The molecule has 0 saturated carbocycles. The van der Waals surface area contributed by atoms with Gasteiger partial charge in [0.1, 0.15) is 10.8 Å². The van der Waals surface area contributed by atoms with Gasteiger partial charge in [0.2, 0.25) is 0 Å². The number of nitrogens with zero attached hydrogens (tertiary/aromatic N) is 2. The summed E-state index contributed by atoms with van der Waals surface area (Å²) in [5.41, 5.74) is 1.80. The van der Waals surface area contributed by atoms with Gasteiger partial charge in [-0.25, -0.2) is 4.98 Å². The van der Waals surface area contributed by atoms with Crippen LogP contribution in [0.3, 0.4) is 0 Å². The number of fused-ring (bicyclic) bond motifs is 1. The highest BCUT2D eigenvalue weighted by Gasteiger charge is 2.22. The van der Waals surface area contributed by atoms with Crippen molar-refractivity contribution in [1.82, 2.24) is 4.98 Å². The molecule has 3 rings (SSSR count). The van der Waals surface area contributed by atoms with Gasteiger partial charge in [0.25, 0.3) is 5.91 Å². The molecule has 0 saturated heterocycles. The number of carbonyl (C=O) groups excluding carboxylic acids is 1. The predicted molar refractivity (Wildman–Crippen MR) is 66.5 cm³/mol. The molecule has 4 nitrogen and oxygen atoms in total. The number of rotatable bonds is 1. The van der Waals surface area contributed by atoms with Crippen LogP contribution in [0.25, 0.3) is 10.6 Å². The summed E-state index contributed by atoms with van der Waals surface area (Å²) in [5, 5.41) is 2.87. The van der Waals surface area contributed by atoms with Crippen molar-refractivity contribution in [3.63, 3.8) is 0 Å². The molecule has 1 amide bonds. The second-order valence-electron chi connectivity index (χ2n) is 3.76. The van der Waals surface area contributed by atoms with E-state index in [1.165, 1.54) is 0 Å². The van der Waals surface area contributed by atoms with Crippen LogP contribution in [0.1, 0.15) is 0 Å². The van der Waals surface area contributed by atoms with E-state index in [0.717, 1.165) is 22.0 Å². The fourth-order valence-corrected chi connectivity index (χ4v) is 2.41. The zero-order chi connectivity index (χ0) is 11.8. The summed E-state index contributed by atoms with van der Waals surface area (Å²) in [6, 6.07) is 5.78. The topological polar surface area (TPSA) is 42.4 Å². The highest BCUT2D eigenvalue weighted by molar-refractivity contribution is 7.13. The van der Waals surface area contributed by atoms with Gasteiger partial charge in [-0.2, -0.15) is 0 Å². The van der Waals surface area contributed by atoms with E-state index in [2.05, 4.69) is 4.98 Å². The normalized spacial score (nSPS) is 14.4. The van der Waals surface area contributed by atoms with Crippen LogP contribution in [-0.4, -0.2) is 24.5 Å². The molecule has 2 aromatic rings. The minimum absolute atomic E-state index is 0.0335. The Morgan fingerprint density at radius 2 is 2.35 bits per heavy atom. The molecule has 0 radical (unpaired) electrons. The standard InChI is InChI=1S/C12H10N2O2S/c1-14-9-6-8(12-13-4-5-17-12)2-3-10(9)16-7-11(14)15/h2-6H,7H2,1H3. The van der Waals surface area contributed by atoms with Gasteiger partial charge in [-0.05, 0) is 18.2 Å². The lowest BCUT2D eigenvalue weighted by Gasteiger charge is -2.26. The maximum atomic E-state index is 11.5. The molecule has 0 atom stereocenters.